The molecule has 4 rings (SSSR count). The first-order chi connectivity index (χ1) is 14.0. The van der Waals surface area contributed by atoms with Crippen LogP contribution in [0.1, 0.15) is 27.5 Å². The average Bonchev–Trinajstić information content (AvgIpc) is 2.74. The molecule has 0 radical (unpaired) electrons. The van der Waals surface area contributed by atoms with Gasteiger partial charge < -0.3 is 0 Å². The van der Waals surface area contributed by atoms with Crippen LogP contribution in [0.2, 0.25) is 0 Å². The quantitative estimate of drug-likeness (QED) is 0.650. The van der Waals surface area contributed by atoms with E-state index in [9.17, 15) is 13.2 Å². The maximum atomic E-state index is 13.3. The Bertz CT molecular complexity index is 1130. The summed E-state index contributed by atoms with van der Waals surface area (Å²) in [4.78, 5) is 14.4. The van der Waals surface area contributed by atoms with Crippen LogP contribution in [0.5, 0.6) is 0 Å². The molecule has 0 fully saturated rings. The zero-order valence-electron chi connectivity index (χ0n) is 15.9. The zero-order chi connectivity index (χ0) is 20.4. The molecule has 0 amide bonds. The molecular weight excluding hydrogens is 402 g/mol. The highest BCUT2D eigenvalue weighted by Crippen LogP contribution is 2.38. The van der Waals surface area contributed by atoms with Crippen LogP contribution in [0.3, 0.4) is 0 Å². The Morgan fingerprint density at radius 3 is 2.31 bits per heavy atom. The Kier molecular flexibility index (Phi) is 5.58. The third-order valence-corrected chi connectivity index (χ3v) is 7.73. The van der Waals surface area contributed by atoms with E-state index in [1.165, 1.54) is 0 Å². The van der Waals surface area contributed by atoms with Gasteiger partial charge in [0.15, 0.2) is 5.78 Å². The average molecular weight is 424 g/mol. The molecule has 3 aromatic rings. The summed E-state index contributed by atoms with van der Waals surface area (Å²) in [5.74, 6) is 0.00331. The molecule has 2 atom stereocenters. The molecule has 6 heteroatoms. The summed E-state index contributed by atoms with van der Waals surface area (Å²) in [7, 11) is -3.79. The fourth-order valence-corrected chi connectivity index (χ4v) is 5.96. The van der Waals surface area contributed by atoms with E-state index in [2.05, 4.69) is 4.72 Å². The van der Waals surface area contributed by atoms with Gasteiger partial charge in [-0.25, -0.2) is 13.1 Å². The number of carbonyl (C=O) groups is 1. The predicted octanol–water partition coefficient (Wildman–Crippen LogP) is 4.62. The molecule has 1 heterocycles. The number of sulfonamides is 1. The van der Waals surface area contributed by atoms with Crippen molar-refractivity contribution in [2.24, 2.45) is 5.92 Å². The molecule has 29 heavy (non-hydrogen) atoms. The van der Waals surface area contributed by atoms with Crippen molar-refractivity contribution in [3.63, 3.8) is 0 Å². The van der Waals surface area contributed by atoms with Gasteiger partial charge >= 0.3 is 0 Å². The highest BCUT2D eigenvalue weighted by atomic mass is 32.2. The van der Waals surface area contributed by atoms with E-state index in [1.807, 2.05) is 61.5 Å². The van der Waals surface area contributed by atoms with Crippen LogP contribution < -0.4 is 4.72 Å². The number of nitrogens with one attached hydrogen (secondary N) is 1. The summed E-state index contributed by atoms with van der Waals surface area (Å²) in [6.07, 6.45) is 0. The Hall–Kier alpha value is -2.41. The van der Waals surface area contributed by atoms with Gasteiger partial charge in [-0.1, -0.05) is 66.2 Å². The minimum absolute atomic E-state index is 0.0280. The molecule has 0 aromatic heterocycles. The molecule has 1 aliphatic rings. The fraction of sp³-hybridized carbons (Fsp3) is 0.174. The zero-order valence-corrected chi connectivity index (χ0v) is 17.5. The Morgan fingerprint density at radius 2 is 1.59 bits per heavy atom. The first kappa shape index (κ1) is 19.9. The Morgan fingerprint density at radius 1 is 0.931 bits per heavy atom. The number of fused-ring (bicyclic) bond motifs is 1. The summed E-state index contributed by atoms with van der Waals surface area (Å²) < 4.78 is 29.0. The van der Waals surface area contributed by atoms with E-state index >= 15 is 0 Å². The molecule has 1 aliphatic heterocycles. The van der Waals surface area contributed by atoms with Gasteiger partial charge in [-0.15, -0.1) is 11.8 Å². The molecule has 0 saturated carbocycles. The van der Waals surface area contributed by atoms with Gasteiger partial charge in [-0.3, -0.25) is 4.79 Å². The van der Waals surface area contributed by atoms with Crippen LogP contribution in [0, 0.1) is 12.8 Å². The number of aryl methyl sites for hydroxylation is 1. The number of benzene rings is 3. The predicted molar refractivity (Wildman–Crippen MR) is 116 cm³/mol. The van der Waals surface area contributed by atoms with Crippen molar-refractivity contribution in [1.29, 1.82) is 0 Å². The molecule has 0 spiro atoms. The van der Waals surface area contributed by atoms with Gasteiger partial charge in [0.25, 0.3) is 0 Å². The lowest BCUT2D eigenvalue weighted by Gasteiger charge is -2.30. The molecule has 0 unspecified atom stereocenters. The topological polar surface area (TPSA) is 63.2 Å². The number of rotatable bonds is 5. The lowest BCUT2D eigenvalue weighted by Crippen LogP contribution is -2.39. The van der Waals surface area contributed by atoms with E-state index < -0.39 is 22.0 Å². The van der Waals surface area contributed by atoms with Gasteiger partial charge in [0, 0.05) is 16.2 Å². The lowest BCUT2D eigenvalue weighted by atomic mass is 9.88. The van der Waals surface area contributed by atoms with Gasteiger partial charge in [-0.05, 0) is 30.7 Å². The minimum atomic E-state index is -3.79. The molecule has 0 bridgehead atoms. The molecular formula is C23H21NO3S2. The van der Waals surface area contributed by atoms with Gasteiger partial charge in [0.2, 0.25) is 10.0 Å². The molecule has 0 aliphatic carbocycles. The smallest absolute Gasteiger partial charge is 0.241 e. The second-order valence-electron chi connectivity index (χ2n) is 7.10. The van der Waals surface area contributed by atoms with Crippen molar-refractivity contribution < 1.29 is 13.2 Å². The van der Waals surface area contributed by atoms with Crippen molar-refractivity contribution in [2.45, 2.75) is 22.8 Å². The third-order valence-electron chi connectivity index (χ3n) is 5.08. The lowest BCUT2D eigenvalue weighted by molar-refractivity contribution is 0.0906. The number of Topliss-reactive ketones (excluding diaryl/α,β-unsaturated/α-hetero) is 1. The van der Waals surface area contributed by atoms with Crippen LogP contribution in [0.4, 0.5) is 0 Å². The van der Waals surface area contributed by atoms with E-state index in [4.69, 9.17) is 0 Å². The summed E-state index contributed by atoms with van der Waals surface area (Å²) in [6, 6.07) is 22.9. The van der Waals surface area contributed by atoms with Gasteiger partial charge in [0.05, 0.1) is 16.9 Å². The Labute approximate surface area is 175 Å². The highest BCUT2D eigenvalue weighted by molar-refractivity contribution is 7.99. The van der Waals surface area contributed by atoms with Crippen molar-refractivity contribution in [1.82, 2.24) is 4.72 Å². The highest BCUT2D eigenvalue weighted by Gasteiger charge is 2.37. The molecule has 3 aromatic carbocycles. The van der Waals surface area contributed by atoms with Crippen molar-refractivity contribution in [2.75, 3.05) is 5.75 Å². The van der Waals surface area contributed by atoms with E-state index in [1.54, 1.807) is 36.0 Å². The van der Waals surface area contributed by atoms with Crippen LogP contribution >= 0.6 is 11.8 Å². The summed E-state index contributed by atoms with van der Waals surface area (Å²) >= 11 is 1.59. The largest absolute Gasteiger partial charge is 0.294 e. The van der Waals surface area contributed by atoms with Crippen LogP contribution in [0.25, 0.3) is 0 Å². The van der Waals surface area contributed by atoms with Crippen LogP contribution in [-0.4, -0.2) is 20.0 Å². The summed E-state index contributed by atoms with van der Waals surface area (Å²) in [5, 5.41) is 0. The van der Waals surface area contributed by atoms with E-state index in [-0.39, 0.29) is 10.7 Å². The SMILES string of the molecule is Cc1ccc(S(=O)(=O)N[C@H](c2ccccc2)[C@@H]2CSc3ccccc3C2=O)cc1. The van der Waals surface area contributed by atoms with Crippen molar-refractivity contribution in [3.05, 3.63) is 95.6 Å². The minimum Gasteiger partial charge on any atom is -0.294 e. The summed E-state index contributed by atoms with van der Waals surface area (Å²) in [5.41, 5.74) is 2.42. The number of hydrogen-bond acceptors (Lipinski definition) is 4. The van der Waals surface area contributed by atoms with Crippen molar-refractivity contribution >= 4 is 27.6 Å². The van der Waals surface area contributed by atoms with E-state index in [0.717, 1.165) is 16.0 Å². The van der Waals surface area contributed by atoms with Gasteiger partial charge in [-0.2, -0.15) is 0 Å². The maximum absolute atomic E-state index is 13.3. The van der Waals surface area contributed by atoms with Crippen molar-refractivity contribution in [3.8, 4) is 0 Å². The number of ketones is 1. The second-order valence-corrected chi connectivity index (χ2v) is 9.88. The van der Waals surface area contributed by atoms with Crippen LogP contribution in [0.15, 0.2) is 88.7 Å². The summed E-state index contributed by atoms with van der Waals surface area (Å²) in [6.45, 7) is 1.91. The molecule has 148 valence electrons. The van der Waals surface area contributed by atoms with E-state index in [0.29, 0.717) is 11.3 Å². The molecule has 1 N–H and O–H groups in total. The number of hydrogen-bond donors (Lipinski definition) is 1. The standard InChI is InChI=1S/C23H21NO3S2/c1-16-11-13-18(14-12-16)29(26,27)24-22(17-7-3-2-4-8-17)20-15-28-21-10-6-5-9-19(21)23(20)25/h2-14,20,22,24H,15H2,1H3/t20-,22+/m0/s1. The van der Waals surface area contributed by atoms with Crippen LogP contribution in [-0.2, 0) is 10.0 Å². The normalized spacial score (nSPS) is 17.6. The monoisotopic (exact) mass is 423 g/mol. The Balaban J connectivity index is 1.72. The fourth-order valence-electron chi connectivity index (χ4n) is 3.49. The number of thioether (sulfide) groups is 1. The first-order valence-electron chi connectivity index (χ1n) is 9.36. The first-order valence-corrected chi connectivity index (χ1v) is 11.8. The maximum Gasteiger partial charge on any atom is 0.241 e. The molecule has 4 nitrogen and oxygen atoms in total. The second kappa shape index (κ2) is 8.14. The van der Waals surface area contributed by atoms with Gasteiger partial charge in [0.1, 0.15) is 0 Å². The number of carbonyl (C=O) groups excluding carboxylic acids is 1. The molecule has 0 saturated heterocycles. The third kappa shape index (κ3) is 4.15.